The number of nitrogens with zero attached hydrogens (tertiary/aromatic N) is 2. The van der Waals surface area contributed by atoms with Crippen LogP contribution in [0.15, 0.2) is 0 Å². The summed E-state index contributed by atoms with van der Waals surface area (Å²) in [6.45, 7) is 4.15. The molecule has 9 heavy (non-hydrogen) atoms. The van der Waals surface area contributed by atoms with Crippen LogP contribution in [0.3, 0.4) is 0 Å². The van der Waals surface area contributed by atoms with E-state index in [0.717, 1.165) is 13.1 Å². The highest BCUT2D eigenvalue weighted by atomic mass is 35.5. The highest BCUT2D eigenvalue weighted by molar-refractivity contribution is 6.23. The standard InChI is InChI=1S/C6H13ClN2/c1-6(7)8(2)4-5-9(6)3/h4-5H2,1-3H3. The van der Waals surface area contributed by atoms with Crippen molar-refractivity contribution in [3.8, 4) is 0 Å². The van der Waals surface area contributed by atoms with Crippen molar-refractivity contribution in [2.24, 2.45) is 0 Å². The van der Waals surface area contributed by atoms with Crippen molar-refractivity contribution in [3.63, 3.8) is 0 Å². The van der Waals surface area contributed by atoms with Gasteiger partial charge >= 0.3 is 0 Å². The lowest BCUT2D eigenvalue weighted by Gasteiger charge is -2.30. The summed E-state index contributed by atoms with van der Waals surface area (Å²) in [6, 6.07) is 0. The lowest BCUT2D eigenvalue weighted by atomic mass is 10.5. The maximum Gasteiger partial charge on any atom is 0.148 e. The Morgan fingerprint density at radius 1 is 1.22 bits per heavy atom. The summed E-state index contributed by atoms with van der Waals surface area (Å²) in [7, 11) is 4.08. The predicted octanol–water partition coefficient (Wildman–Crippen LogP) is 0.776. The molecule has 0 aromatic carbocycles. The molecule has 0 aliphatic carbocycles. The number of rotatable bonds is 0. The Morgan fingerprint density at radius 3 is 1.67 bits per heavy atom. The molecule has 54 valence electrons. The summed E-state index contributed by atoms with van der Waals surface area (Å²) >= 11 is 6.12. The molecular formula is C6H13ClN2. The van der Waals surface area contributed by atoms with E-state index in [1.165, 1.54) is 0 Å². The largest absolute Gasteiger partial charge is 0.275 e. The first-order valence-corrected chi connectivity index (χ1v) is 3.54. The van der Waals surface area contributed by atoms with Crippen molar-refractivity contribution in [1.29, 1.82) is 0 Å². The Balaban J connectivity index is 2.66. The van der Waals surface area contributed by atoms with Crippen molar-refractivity contribution < 1.29 is 0 Å². The number of likely N-dealkylation sites (N-methyl/N-ethyl adjacent to an activating group) is 2. The quantitative estimate of drug-likeness (QED) is 0.370. The fourth-order valence-electron chi connectivity index (χ4n) is 1.000. The first-order chi connectivity index (χ1) is 4.05. The predicted molar refractivity (Wildman–Crippen MR) is 39.5 cm³/mol. The third-order valence-corrected chi connectivity index (χ3v) is 2.74. The second-order valence-electron chi connectivity index (χ2n) is 2.75. The molecule has 0 saturated carbocycles. The van der Waals surface area contributed by atoms with Crippen LogP contribution in [-0.4, -0.2) is 42.1 Å². The average Bonchev–Trinajstić information content (AvgIpc) is 1.96. The molecule has 0 atom stereocenters. The Labute approximate surface area is 61.4 Å². The van der Waals surface area contributed by atoms with Gasteiger partial charge in [-0.3, -0.25) is 9.80 Å². The topological polar surface area (TPSA) is 6.48 Å². The fourth-order valence-corrected chi connectivity index (χ4v) is 1.17. The molecule has 1 fully saturated rings. The zero-order valence-electron chi connectivity index (χ0n) is 6.19. The fraction of sp³-hybridized carbons (Fsp3) is 1.00. The minimum Gasteiger partial charge on any atom is -0.275 e. The van der Waals surface area contributed by atoms with Crippen LogP contribution in [0.25, 0.3) is 0 Å². The minimum absolute atomic E-state index is 0.250. The van der Waals surface area contributed by atoms with Crippen LogP contribution in [0, 0.1) is 0 Å². The number of hydrogen-bond acceptors (Lipinski definition) is 2. The molecule has 0 amide bonds. The summed E-state index contributed by atoms with van der Waals surface area (Å²) in [4.78, 5) is 4.27. The zero-order valence-corrected chi connectivity index (χ0v) is 6.94. The molecule has 1 heterocycles. The summed E-state index contributed by atoms with van der Waals surface area (Å²) in [5.41, 5.74) is 0. The van der Waals surface area contributed by atoms with Gasteiger partial charge in [0.2, 0.25) is 0 Å². The van der Waals surface area contributed by atoms with Crippen molar-refractivity contribution in [2.75, 3.05) is 27.2 Å². The van der Waals surface area contributed by atoms with E-state index in [-0.39, 0.29) is 5.12 Å². The summed E-state index contributed by atoms with van der Waals surface area (Å²) in [5.74, 6) is 0. The molecule has 0 aromatic rings. The van der Waals surface area contributed by atoms with Gasteiger partial charge in [-0.2, -0.15) is 0 Å². The van der Waals surface area contributed by atoms with E-state index in [1.807, 2.05) is 21.0 Å². The Bertz CT molecular complexity index is 102. The molecular weight excluding hydrogens is 136 g/mol. The molecule has 1 rings (SSSR count). The van der Waals surface area contributed by atoms with Gasteiger partial charge in [0.1, 0.15) is 5.12 Å². The third-order valence-electron chi connectivity index (χ3n) is 2.16. The first kappa shape index (κ1) is 7.32. The number of hydrogen-bond donors (Lipinski definition) is 0. The van der Waals surface area contributed by atoms with Gasteiger partial charge in [0.05, 0.1) is 0 Å². The molecule has 0 aromatic heterocycles. The van der Waals surface area contributed by atoms with Gasteiger partial charge < -0.3 is 0 Å². The lowest BCUT2D eigenvalue weighted by Crippen LogP contribution is -2.42. The van der Waals surface area contributed by atoms with Gasteiger partial charge in [0.25, 0.3) is 0 Å². The van der Waals surface area contributed by atoms with Gasteiger partial charge in [0, 0.05) is 13.1 Å². The SMILES string of the molecule is CN1CCN(C)C1(C)Cl. The van der Waals surface area contributed by atoms with E-state index >= 15 is 0 Å². The van der Waals surface area contributed by atoms with Crippen LogP contribution in [0.2, 0.25) is 0 Å². The monoisotopic (exact) mass is 148 g/mol. The van der Waals surface area contributed by atoms with Crippen molar-refractivity contribution >= 4 is 11.6 Å². The molecule has 0 bridgehead atoms. The van der Waals surface area contributed by atoms with Gasteiger partial charge in [-0.05, 0) is 21.0 Å². The third kappa shape index (κ3) is 1.07. The van der Waals surface area contributed by atoms with Crippen LogP contribution < -0.4 is 0 Å². The van der Waals surface area contributed by atoms with Crippen LogP contribution in [0.1, 0.15) is 6.92 Å². The first-order valence-electron chi connectivity index (χ1n) is 3.16. The van der Waals surface area contributed by atoms with Crippen LogP contribution in [-0.2, 0) is 0 Å². The zero-order chi connectivity index (χ0) is 7.07. The van der Waals surface area contributed by atoms with Gasteiger partial charge in [-0.1, -0.05) is 11.6 Å². The molecule has 0 N–H and O–H groups in total. The van der Waals surface area contributed by atoms with Crippen molar-refractivity contribution in [3.05, 3.63) is 0 Å². The maximum atomic E-state index is 6.12. The maximum absolute atomic E-state index is 6.12. The molecule has 0 spiro atoms. The Kier molecular flexibility index (Phi) is 1.72. The normalized spacial score (nSPS) is 29.3. The highest BCUT2D eigenvalue weighted by Crippen LogP contribution is 2.26. The minimum atomic E-state index is -0.250. The summed E-state index contributed by atoms with van der Waals surface area (Å²) in [6.07, 6.45) is 0. The molecule has 0 radical (unpaired) electrons. The smallest absolute Gasteiger partial charge is 0.148 e. The van der Waals surface area contributed by atoms with E-state index in [1.54, 1.807) is 0 Å². The second-order valence-corrected chi connectivity index (χ2v) is 3.46. The van der Waals surface area contributed by atoms with E-state index in [9.17, 15) is 0 Å². The van der Waals surface area contributed by atoms with Crippen molar-refractivity contribution in [1.82, 2.24) is 9.80 Å². The average molecular weight is 149 g/mol. The van der Waals surface area contributed by atoms with E-state index in [0.29, 0.717) is 0 Å². The van der Waals surface area contributed by atoms with Gasteiger partial charge in [0.15, 0.2) is 0 Å². The van der Waals surface area contributed by atoms with E-state index in [4.69, 9.17) is 11.6 Å². The molecule has 0 unspecified atom stereocenters. The molecule has 1 aliphatic heterocycles. The summed E-state index contributed by atoms with van der Waals surface area (Å²) < 4.78 is 0. The van der Waals surface area contributed by atoms with Gasteiger partial charge in [-0.15, -0.1) is 0 Å². The van der Waals surface area contributed by atoms with Crippen LogP contribution in [0.4, 0.5) is 0 Å². The highest BCUT2D eigenvalue weighted by Gasteiger charge is 2.36. The van der Waals surface area contributed by atoms with Crippen molar-refractivity contribution in [2.45, 2.75) is 12.0 Å². The molecule has 2 nitrogen and oxygen atoms in total. The van der Waals surface area contributed by atoms with Crippen LogP contribution in [0.5, 0.6) is 0 Å². The Hall–Kier alpha value is 0.210. The summed E-state index contributed by atoms with van der Waals surface area (Å²) in [5, 5.41) is -0.250. The molecule has 1 aliphatic rings. The number of halogens is 1. The molecule has 3 heteroatoms. The lowest BCUT2D eigenvalue weighted by molar-refractivity contribution is 0.161. The second kappa shape index (κ2) is 2.11. The Morgan fingerprint density at radius 2 is 1.56 bits per heavy atom. The van der Waals surface area contributed by atoms with E-state index in [2.05, 4.69) is 9.80 Å². The van der Waals surface area contributed by atoms with Crippen LogP contribution >= 0.6 is 11.6 Å². The van der Waals surface area contributed by atoms with E-state index < -0.39 is 0 Å². The molecule has 1 saturated heterocycles. The number of alkyl halides is 1. The van der Waals surface area contributed by atoms with Gasteiger partial charge in [-0.25, -0.2) is 0 Å².